The van der Waals surface area contributed by atoms with E-state index in [0.717, 1.165) is 45.4 Å². The zero-order valence-corrected chi connectivity index (χ0v) is 15.3. The van der Waals surface area contributed by atoms with E-state index in [0.29, 0.717) is 0 Å². The van der Waals surface area contributed by atoms with Crippen LogP contribution < -0.4 is 14.2 Å². The van der Waals surface area contributed by atoms with Gasteiger partial charge in [-0.25, -0.2) is 0 Å². The Morgan fingerprint density at radius 2 is 1.56 bits per heavy atom. The summed E-state index contributed by atoms with van der Waals surface area (Å²) in [6.45, 7) is 0. The highest BCUT2D eigenvalue weighted by Crippen LogP contribution is 2.34. The molecule has 136 valence electrons. The number of para-hydroxylation sites is 1. The minimum absolute atomic E-state index is 0.719. The summed E-state index contributed by atoms with van der Waals surface area (Å²) in [6, 6.07) is 17.5. The van der Waals surface area contributed by atoms with Gasteiger partial charge in [-0.3, -0.25) is 4.40 Å². The van der Waals surface area contributed by atoms with Crippen molar-refractivity contribution >= 4 is 5.65 Å². The van der Waals surface area contributed by atoms with Crippen LogP contribution in [-0.4, -0.2) is 35.9 Å². The lowest BCUT2D eigenvalue weighted by molar-refractivity contribution is 0.395. The van der Waals surface area contributed by atoms with Gasteiger partial charge in [0.2, 0.25) is 0 Å². The Hall–Kier alpha value is -3.54. The van der Waals surface area contributed by atoms with Crippen molar-refractivity contribution in [1.29, 1.82) is 0 Å². The monoisotopic (exact) mass is 361 g/mol. The average molecular weight is 361 g/mol. The molecule has 0 aliphatic heterocycles. The van der Waals surface area contributed by atoms with E-state index in [2.05, 4.69) is 10.2 Å². The normalized spacial score (nSPS) is 10.8. The summed E-state index contributed by atoms with van der Waals surface area (Å²) < 4.78 is 18.3. The van der Waals surface area contributed by atoms with Crippen molar-refractivity contribution in [1.82, 2.24) is 14.6 Å². The number of ether oxygens (including phenoxy) is 3. The fourth-order valence-corrected chi connectivity index (χ4v) is 3.10. The molecule has 0 radical (unpaired) electrons. The molecule has 0 fully saturated rings. The van der Waals surface area contributed by atoms with E-state index in [1.165, 1.54) is 0 Å². The highest BCUT2D eigenvalue weighted by atomic mass is 16.5. The minimum atomic E-state index is 0.719. The molecule has 0 aliphatic rings. The molecule has 0 bridgehead atoms. The van der Waals surface area contributed by atoms with Gasteiger partial charge in [-0.05, 0) is 36.4 Å². The Kier molecular flexibility index (Phi) is 4.38. The van der Waals surface area contributed by atoms with E-state index < -0.39 is 0 Å². The summed E-state index contributed by atoms with van der Waals surface area (Å²) in [5, 5.41) is 8.64. The van der Waals surface area contributed by atoms with Crippen LogP contribution in [-0.2, 0) is 0 Å². The third-order valence-corrected chi connectivity index (χ3v) is 4.47. The van der Waals surface area contributed by atoms with E-state index in [1.807, 2.05) is 65.2 Å². The van der Waals surface area contributed by atoms with Crippen molar-refractivity contribution in [2.45, 2.75) is 0 Å². The molecule has 27 heavy (non-hydrogen) atoms. The van der Waals surface area contributed by atoms with Gasteiger partial charge >= 0.3 is 0 Å². The Bertz CT molecular complexity index is 1100. The second kappa shape index (κ2) is 6.99. The number of benzene rings is 2. The van der Waals surface area contributed by atoms with Gasteiger partial charge in [0.15, 0.2) is 11.5 Å². The molecule has 0 N–H and O–H groups in total. The number of aromatic nitrogens is 3. The fourth-order valence-electron chi connectivity index (χ4n) is 3.10. The quantitative estimate of drug-likeness (QED) is 0.536. The van der Waals surface area contributed by atoms with Crippen molar-refractivity contribution in [2.75, 3.05) is 21.3 Å². The van der Waals surface area contributed by atoms with Crippen LogP contribution in [0.15, 0.2) is 60.8 Å². The maximum atomic E-state index is 5.55. The minimum Gasteiger partial charge on any atom is -0.497 e. The molecule has 0 saturated carbocycles. The first-order valence-electron chi connectivity index (χ1n) is 8.45. The SMILES string of the molecule is COc1ccc(-c2ccc3nnc(-c4ccccc4OC)n3c2)c(OC)c1. The average Bonchev–Trinajstić information content (AvgIpc) is 3.16. The predicted octanol–water partition coefficient (Wildman–Crippen LogP) is 4.09. The summed E-state index contributed by atoms with van der Waals surface area (Å²) >= 11 is 0. The van der Waals surface area contributed by atoms with Gasteiger partial charge in [0.25, 0.3) is 0 Å². The van der Waals surface area contributed by atoms with Crippen LogP contribution in [0.1, 0.15) is 0 Å². The van der Waals surface area contributed by atoms with Crippen molar-refractivity contribution in [3.8, 4) is 39.8 Å². The molecule has 0 amide bonds. The van der Waals surface area contributed by atoms with E-state index in [1.54, 1.807) is 21.3 Å². The zero-order valence-electron chi connectivity index (χ0n) is 15.3. The van der Waals surface area contributed by atoms with E-state index in [4.69, 9.17) is 14.2 Å². The largest absolute Gasteiger partial charge is 0.497 e. The van der Waals surface area contributed by atoms with E-state index in [9.17, 15) is 0 Å². The van der Waals surface area contributed by atoms with Crippen LogP contribution >= 0.6 is 0 Å². The van der Waals surface area contributed by atoms with E-state index >= 15 is 0 Å². The van der Waals surface area contributed by atoms with Crippen LogP contribution in [0.5, 0.6) is 17.2 Å². The third-order valence-electron chi connectivity index (χ3n) is 4.47. The number of methoxy groups -OCH3 is 3. The molecule has 0 aliphatic carbocycles. The molecule has 4 aromatic rings. The number of nitrogens with zero attached hydrogens (tertiary/aromatic N) is 3. The molecule has 0 atom stereocenters. The van der Waals surface area contributed by atoms with Crippen LogP contribution in [0.25, 0.3) is 28.2 Å². The molecule has 6 nitrogen and oxygen atoms in total. The van der Waals surface area contributed by atoms with E-state index in [-0.39, 0.29) is 0 Å². The smallest absolute Gasteiger partial charge is 0.172 e. The van der Waals surface area contributed by atoms with Gasteiger partial charge in [0.05, 0.1) is 26.9 Å². The van der Waals surface area contributed by atoms with Crippen LogP contribution in [0.4, 0.5) is 0 Å². The highest BCUT2D eigenvalue weighted by molar-refractivity contribution is 5.74. The molecule has 6 heteroatoms. The number of pyridine rings is 1. The third kappa shape index (κ3) is 2.95. The second-order valence-electron chi connectivity index (χ2n) is 5.94. The summed E-state index contributed by atoms with van der Waals surface area (Å²) in [5.41, 5.74) is 3.58. The van der Waals surface area contributed by atoms with Crippen LogP contribution in [0, 0.1) is 0 Å². The molecular weight excluding hydrogens is 342 g/mol. The molecule has 0 saturated heterocycles. The van der Waals surface area contributed by atoms with Gasteiger partial charge in [0, 0.05) is 23.4 Å². The summed E-state index contributed by atoms with van der Waals surface area (Å²) in [4.78, 5) is 0. The first kappa shape index (κ1) is 16.9. The Morgan fingerprint density at radius 1 is 0.741 bits per heavy atom. The molecule has 2 aromatic heterocycles. The number of hydrogen-bond acceptors (Lipinski definition) is 5. The summed E-state index contributed by atoms with van der Waals surface area (Å²) in [7, 11) is 4.93. The number of fused-ring (bicyclic) bond motifs is 1. The first-order valence-corrected chi connectivity index (χ1v) is 8.45. The maximum absolute atomic E-state index is 5.55. The lowest BCUT2D eigenvalue weighted by atomic mass is 10.1. The van der Waals surface area contributed by atoms with Gasteiger partial charge in [-0.1, -0.05) is 12.1 Å². The molecule has 2 heterocycles. The molecular formula is C21H19N3O3. The Morgan fingerprint density at radius 3 is 2.33 bits per heavy atom. The maximum Gasteiger partial charge on any atom is 0.172 e. The van der Waals surface area contributed by atoms with Crippen molar-refractivity contribution in [3.63, 3.8) is 0 Å². The fraction of sp³-hybridized carbons (Fsp3) is 0.143. The first-order chi connectivity index (χ1) is 13.2. The molecule has 4 rings (SSSR count). The predicted molar refractivity (Wildman–Crippen MR) is 104 cm³/mol. The highest BCUT2D eigenvalue weighted by Gasteiger charge is 2.14. The molecule has 0 spiro atoms. The zero-order chi connectivity index (χ0) is 18.8. The van der Waals surface area contributed by atoms with Crippen molar-refractivity contribution in [2.24, 2.45) is 0 Å². The Balaban J connectivity index is 1.88. The lowest BCUT2D eigenvalue weighted by Crippen LogP contribution is -1.95. The van der Waals surface area contributed by atoms with Gasteiger partial charge in [-0.2, -0.15) is 0 Å². The van der Waals surface area contributed by atoms with Crippen molar-refractivity contribution in [3.05, 3.63) is 60.8 Å². The number of hydrogen-bond donors (Lipinski definition) is 0. The van der Waals surface area contributed by atoms with Crippen LogP contribution in [0.3, 0.4) is 0 Å². The summed E-state index contributed by atoms with van der Waals surface area (Å²) in [6.07, 6.45) is 2.00. The molecule has 0 unspecified atom stereocenters. The topological polar surface area (TPSA) is 57.9 Å². The summed E-state index contributed by atoms with van der Waals surface area (Å²) in [5.74, 6) is 2.95. The number of rotatable bonds is 5. The molecule has 2 aromatic carbocycles. The standard InChI is InChI=1S/C21H19N3O3/c1-25-15-9-10-16(19(12-15)27-3)14-8-11-20-22-23-21(24(20)13-14)17-6-4-5-7-18(17)26-2/h4-13H,1-3H3. The van der Waals surface area contributed by atoms with Gasteiger partial charge in [0.1, 0.15) is 17.2 Å². The van der Waals surface area contributed by atoms with Crippen molar-refractivity contribution < 1.29 is 14.2 Å². The van der Waals surface area contributed by atoms with Gasteiger partial charge in [-0.15, -0.1) is 10.2 Å². The van der Waals surface area contributed by atoms with Gasteiger partial charge < -0.3 is 14.2 Å². The Labute approximate surface area is 157 Å². The second-order valence-corrected chi connectivity index (χ2v) is 5.94. The van der Waals surface area contributed by atoms with Crippen LogP contribution in [0.2, 0.25) is 0 Å². The lowest BCUT2D eigenvalue weighted by Gasteiger charge is -2.11.